The average Bonchev–Trinajstić information content (AvgIpc) is 3.19. The van der Waals surface area contributed by atoms with Gasteiger partial charge in [-0.05, 0) is 42.3 Å². The second kappa shape index (κ2) is 7.84. The van der Waals surface area contributed by atoms with Crippen LogP contribution in [0.25, 0.3) is 11.0 Å². The summed E-state index contributed by atoms with van der Waals surface area (Å²) in [7, 11) is -3.82. The zero-order valence-corrected chi connectivity index (χ0v) is 16.2. The number of pyridine rings is 1. The van der Waals surface area contributed by atoms with E-state index in [1.54, 1.807) is 6.07 Å². The van der Waals surface area contributed by atoms with Gasteiger partial charge in [-0.1, -0.05) is 30.3 Å². The summed E-state index contributed by atoms with van der Waals surface area (Å²) in [6.07, 6.45) is 5.00. The van der Waals surface area contributed by atoms with Crippen LogP contribution in [0.3, 0.4) is 0 Å². The van der Waals surface area contributed by atoms with Gasteiger partial charge < -0.3 is 5.32 Å². The van der Waals surface area contributed by atoms with E-state index in [4.69, 9.17) is 0 Å². The van der Waals surface area contributed by atoms with Crippen LogP contribution in [0.2, 0.25) is 0 Å². The first-order valence-electron chi connectivity index (χ1n) is 9.00. The summed E-state index contributed by atoms with van der Waals surface area (Å²) in [5, 5.41) is 2.85. The molecule has 0 aliphatic heterocycles. The van der Waals surface area contributed by atoms with E-state index in [2.05, 4.69) is 15.3 Å². The van der Waals surface area contributed by atoms with Gasteiger partial charge in [0.1, 0.15) is 11.8 Å². The number of carbonyl (C=O) groups excluding carboxylic acids is 1. The van der Waals surface area contributed by atoms with Crippen molar-refractivity contribution in [1.82, 2.24) is 19.3 Å². The topological polar surface area (TPSA) is 94.0 Å². The van der Waals surface area contributed by atoms with Crippen molar-refractivity contribution in [2.75, 3.05) is 6.54 Å². The van der Waals surface area contributed by atoms with Gasteiger partial charge in [-0.15, -0.1) is 0 Å². The maximum Gasteiger partial charge on any atom is 0.269 e. The number of amides is 1. The van der Waals surface area contributed by atoms with E-state index in [1.807, 2.05) is 30.3 Å². The van der Waals surface area contributed by atoms with Gasteiger partial charge in [0.25, 0.3) is 15.9 Å². The predicted molar refractivity (Wildman–Crippen MR) is 109 cm³/mol. The van der Waals surface area contributed by atoms with Crippen LogP contribution in [0.1, 0.15) is 15.9 Å². The number of nitrogens with zero attached hydrogens (tertiary/aromatic N) is 3. The van der Waals surface area contributed by atoms with Crippen LogP contribution in [0, 0.1) is 0 Å². The molecule has 0 atom stereocenters. The van der Waals surface area contributed by atoms with Crippen molar-refractivity contribution in [1.29, 1.82) is 0 Å². The summed E-state index contributed by atoms with van der Waals surface area (Å²) in [5.41, 5.74) is 2.47. The molecule has 7 nitrogen and oxygen atoms in total. The Morgan fingerprint density at radius 1 is 1.00 bits per heavy atom. The lowest BCUT2D eigenvalue weighted by molar-refractivity contribution is 0.0954. The molecule has 0 saturated carbocycles. The minimum Gasteiger partial charge on any atom is -0.352 e. The summed E-state index contributed by atoms with van der Waals surface area (Å²) >= 11 is 0. The summed E-state index contributed by atoms with van der Waals surface area (Å²) < 4.78 is 27.0. The summed E-state index contributed by atoms with van der Waals surface area (Å²) in [6, 6.07) is 17.3. The maximum atomic E-state index is 12.9. The number of carbonyl (C=O) groups is 1. The SMILES string of the molecule is O=C(NCCc1ccccc1)c1ccc(S(=O)(=O)n2cnc3cnccc32)cc1. The molecule has 8 heteroatoms. The fourth-order valence-electron chi connectivity index (χ4n) is 2.99. The number of hydrogen-bond donors (Lipinski definition) is 1. The van der Waals surface area contributed by atoms with Gasteiger partial charge in [-0.2, -0.15) is 0 Å². The second-order valence-electron chi connectivity index (χ2n) is 6.43. The zero-order chi connectivity index (χ0) is 20.3. The number of aromatic nitrogens is 3. The third-order valence-electron chi connectivity index (χ3n) is 4.53. The number of nitrogens with one attached hydrogen (secondary N) is 1. The molecule has 0 aliphatic carbocycles. The predicted octanol–water partition coefficient (Wildman–Crippen LogP) is 2.64. The molecule has 0 bridgehead atoms. The van der Waals surface area contributed by atoms with E-state index in [0.717, 1.165) is 16.0 Å². The van der Waals surface area contributed by atoms with Gasteiger partial charge in [-0.25, -0.2) is 17.4 Å². The van der Waals surface area contributed by atoms with Crippen molar-refractivity contribution >= 4 is 27.0 Å². The van der Waals surface area contributed by atoms with E-state index >= 15 is 0 Å². The Balaban J connectivity index is 1.47. The van der Waals surface area contributed by atoms with Gasteiger partial charge >= 0.3 is 0 Å². The molecular weight excluding hydrogens is 388 g/mol. The van der Waals surface area contributed by atoms with Crippen molar-refractivity contribution in [3.8, 4) is 0 Å². The van der Waals surface area contributed by atoms with Gasteiger partial charge in [0.05, 0.1) is 16.6 Å². The standard InChI is InChI=1S/C21H18N4O3S/c26-21(23-13-10-16-4-2-1-3-5-16)17-6-8-18(9-7-17)29(27,28)25-15-24-19-14-22-12-11-20(19)25/h1-9,11-12,14-15H,10,13H2,(H,23,26). The van der Waals surface area contributed by atoms with Gasteiger partial charge in [-0.3, -0.25) is 9.78 Å². The third kappa shape index (κ3) is 3.88. The highest BCUT2D eigenvalue weighted by Gasteiger charge is 2.20. The lowest BCUT2D eigenvalue weighted by Gasteiger charge is -2.08. The normalized spacial score (nSPS) is 11.4. The average molecular weight is 406 g/mol. The first-order chi connectivity index (χ1) is 14.1. The highest BCUT2D eigenvalue weighted by molar-refractivity contribution is 7.90. The molecule has 2 aromatic carbocycles. The third-order valence-corrected chi connectivity index (χ3v) is 6.21. The van der Waals surface area contributed by atoms with Crippen LogP contribution in [0.4, 0.5) is 0 Å². The summed E-state index contributed by atoms with van der Waals surface area (Å²) in [6.45, 7) is 0.498. The molecule has 0 fully saturated rings. The molecule has 0 spiro atoms. The molecule has 4 rings (SSSR count). The van der Waals surface area contributed by atoms with E-state index in [1.165, 1.54) is 43.0 Å². The van der Waals surface area contributed by atoms with Crippen LogP contribution < -0.4 is 5.32 Å². The van der Waals surface area contributed by atoms with Crippen molar-refractivity contribution in [2.24, 2.45) is 0 Å². The molecule has 4 aromatic rings. The number of hydrogen-bond acceptors (Lipinski definition) is 5. The lowest BCUT2D eigenvalue weighted by Crippen LogP contribution is -2.25. The minimum absolute atomic E-state index is 0.0782. The molecule has 146 valence electrons. The molecule has 0 saturated heterocycles. The van der Waals surface area contributed by atoms with Crippen LogP contribution in [0.15, 0.2) is 84.3 Å². The summed E-state index contributed by atoms with van der Waals surface area (Å²) in [4.78, 5) is 20.4. The molecule has 0 unspecified atom stereocenters. The maximum absolute atomic E-state index is 12.9. The van der Waals surface area contributed by atoms with Crippen molar-refractivity contribution in [3.05, 3.63) is 90.5 Å². The van der Waals surface area contributed by atoms with Crippen molar-refractivity contribution in [2.45, 2.75) is 11.3 Å². The Morgan fingerprint density at radius 2 is 1.76 bits per heavy atom. The molecular formula is C21H18N4O3S. The Hall–Kier alpha value is -3.52. The van der Waals surface area contributed by atoms with E-state index in [0.29, 0.717) is 23.1 Å². The molecule has 2 aromatic heterocycles. The fourth-order valence-corrected chi connectivity index (χ4v) is 4.28. The number of benzene rings is 2. The minimum atomic E-state index is -3.82. The smallest absolute Gasteiger partial charge is 0.269 e. The van der Waals surface area contributed by atoms with Gasteiger partial charge in [0, 0.05) is 18.3 Å². The Kier molecular flexibility index (Phi) is 5.09. The Bertz CT molecular complexity index is 1250. The molecule has 0 radical (unpaired) electrons. The van der Waals surface area contributed by atoms with Crippen LogP contribution in [-0.4, -0.2) is 34.8 Å². The Morgan fingerprint density at radius 3 is 2.52 bits per heavy atom. The van der Waals surface area contributed by atoms with Crippen LogP contribution in [0.5, 0.6) is 0 Å². The van der Waals surface area contributed by atoms with E-state index in [-0.39, 0.29) is 10.8 Å². The quantitative estimate of drug-likeness (QED) is 0.531. The van der Waals surface area contributed by atoms with E-state index in [9.17, 15) is 13.2 Å². The largest absolute Gasteiger partial charge is 0.352 e. The van der Waals surface area contributed by atoms with Crippen molar-refractivity contribution < 1.29 is 13.2 Å². The lowest BCUT2D eigenvalue weighted by atomic mass is 10.1. The zero-order valence-electron chi connectivity index (χ0n) is 15.4. The molecule has 0 aliphatic rings. The molecule has 2 heterocycles. The van der Waals surface area contributed by atoms with Gasteiger partial charge in [0.2, 0.25) is 0 Å². The van der Waals surface area contributed by atoms with Crippen LogP contribution >= 0.6 is 0 Å². The fraction of sp³-hybridized carbons (Fsp3) is 0.0952. The highest BCUT2D eigenvalue weighted by Crippen LogP contribution is 2.20. The van der Waals surface area contributed by atoms with Crippen LogP contribution in [-0.2, 0) is 16.4 Å². The molecule has 1 N–H and O–H groups in total. The molecule has 1 amide bonds. The first kappa shape index (κ1) is 18.8. The summed E-state index contributed by atoms with van der Waals surface area (Å²) in [5.74, 6) is -0.246. The van der Waals surface area contributed by atoms with E-state index < -0.39 is 10.0 Å². The Labute approximate surface area is 168 Å². The first-order valence-corrected chi connectivity index (χ1v) is 10.4. The number of rotatable bonds is 6. The molecule has 29 heavy (non-hydrogen) atoms. The number of fused-ring (bicyclic) bond motifs is 1. The monoisotopic (exact) mass is 406 g/mol. The number of imidazole rings is 1. The van der Waals surface area contributed by atoms with Gasteiger partial charge in [0.15, 0.2) is 0 Å². The second-order valence-corrected chi connectivity index (χ2v) is 8.24. The highest BCUT2D eigenvalue weighted by atomic mass is 32.2. The van der Waals surface area contributed by atoms with Crippen molar-refractivity contribution in [3.63, 3.8) is 0 Å².